The molecule has 0 aromatic heterocycles. The maximum Gasteiger partial charge on any atom is 0.327 e. The van der Waals surface area contributed by atoms with Gasteiger partial charge in [-0.1, -0.05) is 20.8 Å². The Balaban J connectivity index is 2.86. The molecule has 0 aromatic carbocycles. The van der Waals surface area contributed by atoms with Crippen LogP contribution in [0.5, 0.6) is 0 Å². The van der Waals surface area contributed by atoms with Crippen LogP contribution >= 0.6 is 0 Å². The number of likely N-dealkylation sites (N-methyl/N-ethyl adjacent to an activating group) is 2. The summed E-state index contributed by atoms with van der Waals surface area (Å²) in [5.41, 5.74) is -0.513. The monoisotopic (exact) mass is 270 g/mol. The molecule has 1 unspecified atom stereocenters. The summed E-state index contributed by atoms with van der Waals surface area (Å²) < 4.78 is 5.09. The number of methoxy groups -OCH3 is 1. The number of esters is 1. The highest BCUT2D eigenvalue weighted by molar-refractivity contribution is 5.82. The van der Waals surface area contributed by atoms with Gasteiger partial charge in [0.05, 0.1) is 7.11 Å². The second kappa shape index (κ2) is 7.25. The fraction of sp³-hybridized carbons (Fsp3) is 0.933. The first kappa shape index (κ1) is 16.4. The molecule has 0 heterocycles. The van der Waals surface area contributed by atoms with Crippen LogP contribution in [0.3, 0.4) is 0 Å². The first-order valence-electron chi connectivity index (χ1n) is 7.59. The Hall–Kier alpha value is -0.610. The summed E-state index contributed by atoms with van der Waals surface area (Å²) in [7, 11) is 3.61. The van der Waals surface area contributed by atoms with Gasteiger partial charge in [-0.25, -0.2) is 4.79 Å². The van der Waals surface area contributed by atoms with Gasteiger partial charge in [0.2, 0.25) is 0 Å². The van der Waals surface area contributed by atoms with E-state index >= 15 is 0 Å². The molecule has 1 fully saturated rings. The van der Waals surface area contributed by atoms with E-state index in [1.165, 1.54) is 7.11 Å². The molecule has 0 spiro atoms. The Morgan fingerprint density at radius 3 is 2.32 bits per heavy atom. The standard InChI is InChI=1S/C15H30N2O2/c1-6-13(7-2)17(4)11-15(16-8-3,12-9-10-12)14(18)19-5/h12-13,16H,6-11H2,1-5H3. The lowest BCUT2D eigenvalue weighted by molar-refractivity contribution is -0.151. The van der Waals surface area contributed by atoms with E-state index in [4.69, 9.17) is 4.74 Å². The van der Waals surface area contributed by atoms with Gasteiger partial charge in [0.25, 0.3) is 0 Å². The zero-order chi connectivity index (χ0) is 14.5. The third kappa shape index (κ3) is 3.69. The number of rotatable bonds is 9. The summed E-state index contributed by atoms with van der Waals surface area (Å²) in [5.74, 6) is 0.325. The van der Waals surface area contributed by atoms with Crippen molar-refractivity contribution in [3.05, 3.63) is 0 Å². The summed E-state index contributed by atoms with van der Waals surface area (Å²) in [5, 5.41) is 3.43. The quantitative estimate of drug-likeness (QED) is 0.651. The van der Waals surface area contributed by atoms with Gasteiger partial charge in [0.1, 0.15) is 5.54 Å². The van der Waals surface area contributed by atoms with Crippen LogP contribution in [0.25, 0.3) is 0 Å². The van der Waals surface area contributed by atoms with Crippen molar-refractivity contribution in [2.24, 2.45) is 5.92 Å². The Labute approximate surface area is 117 Å². The first-order valence-corrected chi connectivity index (χ1v) is 7.59. The molecule has 1 aliphatic carbocycles. The van der Waals surface area contributed by atoms with E-state index in [2.05, 4.69) is 38.0 Å². The molecule has 112 valence electrons. The van der Waals surface area contributed by atoms with E-state index in [-0.39, 0.29) is 5.97 Å². The highest BCUT2D eigenvalue weighted by Crippen LogP contribution is 2.41. The summed E-state index contributed by atoms with van der Waals surface area (Å²) in [6.07, 6.45) is 4.47. The maximum atomic E-state index is 12.3. The van der Waals surface area contributed by atoms with Crippen molar-refractivity contribution in [1.29, 1.82) is 0 Å². The SMILES string of the molecule is CCNC(CN(C)C(CC)CC)(C(=O)OC)C1CC1. The second-order valence-corrected chi connectivity index (χ2v) is 5.65. The number of ether oxygens (including phenoxy) is 1. The van der Waals surface area contributed by atoms with Crippen LogP contribution in [0.15, 0.2) is 0 Å². The molecule has 1 aliphatic rings. The van der Waals surface area contributed by atoms with Gasteiger partial charge in [0, 0.05) is 12.6 Å². The number of nitrogens with zero attached hydrogens (tertiary/aromatic N) is 1. The predicted octanol–water partition coefficient (Wildman–Crippen LogP) is 2.04. The molecule has 0 aliphatic heterocycles. The molecular weight excluding hydrogens is 240 g/mol. The molecule has 1 N–H and O–H groups in total. The zero-order valence-corrected chi connectivity index (χ0v) is 13.2. The molecular formula is C15H30N2O2. The molecule has 0 aromatic rings. The van der Waals surface area contributed by atoms with Crippen molar-refractivity contribution in [2.75, 3.05) is 27.2 Å². The van der Waals surface area contributed by atoms with E-state index in [0.717, 1.165) is 38.8 Å². The molecule has 0 radical (unpaired) electrons. The van der Waals surface area contributed by atoms with Gasteiger partial charge >= 0.3 is 5.97 Å². The van der Waals surface area contributed by atoms with Crippen LogP contribution < -0.4 is 5.32 Å². The molecule has 19 heavy (non-hydrogen) atoms. The predicted molar refractivity (Wildman–Crippen MR) is 78.1 cm³/mol. The van der Waals surface area contributed by atoms with Gasteiger partial charge in [0.15, 0.2) is 0 Å². The second-order valence-electron chi connectivity index (χ2n) is 5.65. The van der Waals surface area contributed by atoms with Crippen LogP contribution in [0.1, 0.15) is 46.5 Å². The van der Waals surface area contributed by atoms with Crippen LogP contribution in [0, 0.1) is 5.92 Å². The Kier molecular flexibility index (Phi) is 6.27. The van der Waals surface area contributed by atoms with Crippen molar-refractivity contribution in [2.45, 2.75) is 58.0 Å². The molecule has 0 saturated heterocycles. The summed E-state index contributed by atoms with van der Waals surface area (Å²) >= 11 is 0. The van der Waals surface area contributed by atoms with E-state index in [1.807, 2.05) is 0 Å². The number of hydrogen-bond acceptors (Lipinski definition) is 4. The Morgan fingerprint density at radius 2 is 1.95 bits per heavy atom. The van der Waals surface area contributed by atoms with Crippen molar-refractivity contribution < 1.29 is 9.53 Å². The normalized spacial score (nSPS) is 18.7. The topological polar surface area (TPSA) is 41.6 Å². The average molecular weight is 270 g/mol. The Bertz CT molecular complexity index is 288. The van der Waals surface area contributed by atoms with Crippen molar-refractivity contribution >= 4 is 5.97 Å². The van der Waals surface area contributed by atoms with Gasteiger partial charge < -0.3 is 15.0 Å². The lowest BCUT2D eigenvalue weighted by Gasteiger charge is -2.38. The molecule has 4 heteroatoms. The minimum atomic E-state index is -0.513. The van der Waals surface area contributed by atoms with E-state index < -0.39 is 5.54 Å². The van der Waals surface area contributed by atoms with Gasteiger partial charge in [-0.2, -0.15) is 0 Å². The van der Waals surface area contributed by atoms with Gasteiger partial charge in [-0.05, 0) is 45.2 Å². The highest BCUT2D eigenvalue weighted by Gasteiger charge is 2.52. The maximum absolute atomic E-state index is 12.3. The first-order chi connectivity index (χ1) is 9.05. The number of carbonyl (C=O) groups excluding carboxylic acids is 1. The fourth-order valence-corrected chi connectivity index (χ4v) is 3.14. The summed E-state index contributed by atoms with van der Waals surface area (Å²) in [6, 6.07) is 0.529. The van der Waals surface area contributed by atoms with Crippen LogP contribution in [0.4, 0.5) is 0 Å². The average Bonchev–Trinajstić information content (AvgIpc) is 3.23. The minimum absolute atomic E-state index is 0.102. The van der Waals surface area contributed by atoms with E-state index in [9.17, 15) is 4.79 Å². The molecule has 0 amide bonds. The van der Waals surface area contributed by atoms with E-state index in [0.29, 0.717) is 12.0 Å². The molecule has 1 atom stereocenters. The Morgan fingerprint density at radius 1 is 1.37 bits per heavy atom. The highest BCUT2D eigenvalue weighted by atomic mass is 16.5. The number of carbonyl (C=O) groups is 1. The molecule has 1 saturated carbocycles. The largest absolute Gasteiger partial charge is 0.468 e. The third-order valence-corrected chi connectivity index (χ3v) is 4.38. The van der Waals surface area contributed by atoms with Crippen LogP contribution in [-0.2, 0) is 9.53 Å². The van der Waals surface area contributed by atoms with Gasteiger partial charge in [-0.3, -0.25) is 0 Å². The summed E-state index contributed by atoms with van der Waals surface area (Å²) in [4.78, 5) is 14.6. The smallest absolute Gasteiger partial charge is 0.327 e. The van der Waals surface area contributed by atoms with Crippen LogP contribution in [0.2, 0.25) is 0 Å². The third-order valence-electron chi connectivity index (χ3n) is 4.38. The number of hydrogen-bond donors (Lipinski definition) is 1. The minimum Gasteiger partial charge on any atom is -0.468 e. The lowest BCUT2D eigenvalue weighted by Crippen LogP contribution is -2.61. The summed E-state index contributed by atoms with van der Waals surface area (Å²) in [6.45, 7) is 7.99. The zero-order valence-electron chi connectivity index (χ0n) is 13.2. The van der Waals surface area contributed by atoms with Crippen molar-refractivity contribution in [3.63, 3.8) is 0 Å². The van der Waals surface area contributed by atoms with Gasteiger partial charge in [-0.15, -0.1) is 0 Å². The number of nitrogens with one attached hydrogen (secondary N) is 1. The van der Waals surface area contributed by atoms with Crippen molar-refractivity contribution in [1.82, 2.24) is 10.2 Å². The molecule has 4 nitrogen and oxygen atoms in total. The van der Waals surface area contributed by atoms with Crippen LogP contribution in [-0.4, -0.2) is 49.7 Å². The fourth-order valence-electron chi connectivity index (χ4n) is 3.14. The van der Waals surface area contributed by atoms with E-state index in [1.54, 1.807) is 0 Å². The molecule has 1 rings (SSSR count). The molecule has 0 bridgehead atoms. The lowest BCUT2D eigenvalue weighted by atomic mass is 9.91. The van der Waals surface area contributed by atoms with Crippen molar-refractivity contribution in [3.8, 4) is 0 Å².